The predicted octanol–water partition coefficient (Wildman–Crippen LogP) is 4.97. The van der Waals surface area contributed by atoms with E-state index in [0.29, 0.717) is 18.4 Å². The number of aromatic amines is 1. The van der Waals surface area contributed by atoms with Crippen LogP contribution in [0.1, 0.15) is 44.7 Å². The maximum Gasteiger partial charge on any atom is 0.419 e. The number of hydrogen-bond donors (Lipinski definition) is 2. The molecule has 6 nitrogen and oxygen atoms in total. The lowest BCUT2D eigenvalue weighted by Crippen LogP contribution is -2.31. The lowest BCUT2D eigenvalue weighted by molar-refractivity contribution is -0.116. The summed E-state index contributed by atoms with van der Waals surface area (Å²) < 4.78 is 5.00. The van der Waals surface area contributed by atoms with Crippen molar-refractivity contribution in [3.05, 3.63) is 81.8 Å². The minimum absolute atomic E-state index is 0.0659. The summed E-state index contributed by atoms with van der Waals surface area (Å²) in [5.41, 5.74) is 2.49. The maximum atomic E-state index is 13.2. The molecule has 2 N–H and O–H groups in total. The van der Waals surface area contributed by atoms with Crippen LogP contribution in [0.15, 0.2) is 65.2 Å². The number of rotatable bonds is 6. The van der Waals surface area contributed by atoms with E-state index < -0.39 is 17.4 Å². The van der Waals surface area contributed by atoms with Gasteiger partial charge in [-0.2, -0.15) is 0 Å². The number of pyridine rings is 1. The van der Waals surface area contributed by atoms with Gasteiger partial charge in [-0.05, 0) is 59.4 Å². The second kappa shape index (κ2) is 8.46. The maximum absolute atomic E-state index is 13.2. The molecule has 1 aliphatic rings. The Morgan fingerprint density at radius 2 is 1.75 bits per heavy atom. The normalized spacial score (nSPS) is 15.3. The average molecular weight is 431 g/mol. The summed E-state index contributed by atoms with van der Waals surface area (Å²) in [5, 5.41) is 4.44. The Bertz CT molecular complexity index is 1300. The number of allylic oxidation sites excluding steroid dienone is 1. The van der Waals surface area contributed by atoms with Crippen molar-refractivity contribution in [3.63, 3.8) is 0 Å². The van der Waals surface area contributed by atoms with Gasteiger partial charge in [0.05, 0.1) is 0 Å². The van der Waals surface area contributed by atoms with Crippen molar-refractivity contribution in [2.75, 3.05) is 0 Å². The Hall–Kier alpha value is -3.67. The third-order valence-electron chi connectivity index (χ3n) is 6.42. The molecule has 6 heteroatoms. The zero-order valence-corrected chi connectivity index (χ0v) is 18.5. The van der Waals surface area contributed by atoms with Gasteiger partial charge in [0.25, 0.3) is 11.5 Å². The standard InChI is InChI=1S/C26H26N2O4/c1-4-16-8-7-9-17-10-11-18(14-19(16)17)21-13-12-20(23(29)27-21)26(5-2,6-3)15-22-24(30)28-25(31)32-22/h7-15H,4-6H2,1-3H3,(H,27,29)(H,28,30,31)/b22-15-. The second-order valence-corrected chi connectivity index (χ2v) is 8.04. The van der Waals surface area contributed by atoms with E-state index in [-0.39, 0.29) is 11.3 Å². The molecular weight excluding hydrogens is 404 g/mol. The molecule has 32 heavy (non-hydrogen) atoms. The first-order valence-corrected chi connectivity index (χ1v) is 10.9. The van der Waals surface area contributed by atoms with Crippen LogP contribution < -0.4 is 10.9 Å². The quantitative estimate of drug-likeness (QED) is 0.541. The molecular formula is C26H26N2O4. The third kappa shape index (κ3) is 3.73. The SMILES string of the molecule is CCc1cccc2ccc(-c3ccc(C(/C=C4\OC(=O)NC4=O)(CC)CC)c(=O)[nH]3)cc12. The minimum Gasteiger partial charge on any atom is -0.404 e. The molecule has 1 fully saturated rings. The minimum atomic E-state index is -0.797. The predicted molar refractivity (Wildman–Crippen MR) is 124 cm³/mol. The number of carbonyl (C=O) groups excluding carboxylic acids is 2. The number of H-pyrrole nitrogens is 1. The number of benzene rings is 2. The molecule has 0 unspecified atom stereocenters. The molecule has 0 spiro atoms. The van der Waals surface area contributed by atoms with Gasteiger partial charge in [-0.25, -0.2) is 4.79 Å². The van der Waals surface area contributed by atoms with Crippen LogP contribution in [0.4, 0.5) is 4.79 Å². The van der Waals surface area contributed by atoms with Crippen molar-refractivity contribution < 1.29 is 14.3 Å². The summed E-state index contributed by atoms with van der Waals surface area (Å²) in [6.45, 7) is 6.01. The number of imide groups is 1. The van der Waals surface area contributed by atoms with E-state index >= 15 is 0 Å². The monoisotopic (exact) mass is 430 g/mol. The van der Waals surface area contributed by atoms with Crippen molar-refractivity contribution in [2.45, 2.75) is 45.4 Å². The van der Waals surface area contributed by atoms with Crippen molar-refractivity contribution in [1.29, 1.82) is 0 Å². The molecule has 164 valence electrons. The van der Waals surface area contributed by atoms with Crippen LogP contribution in [-0.4, -0.2) is 17.0 Å². The summed E-state index contributed by atoms with van der Waals surface area (Å²) in [4.78, 5) is 39.6. The molecule has 1 saturated heterocycles. The number of carbonyl (C=O) groups is 2. The lowest BCUT2D eigenvalue weighted by Gasteiger charge is -2.28. The van der Waals surface area contributed by atoms with Crippen LogP contribution >= 0.6 is 0 Å². The van der Waals surface area contributed by atoms with Crippen molar-refractivity contribution >= 4 is 22.8 Å². The van der Waals surface area contributed by atoms with Gasteiger partial charge >= 0.3 is 6.09 Å². The highest BCUT2D eigenvalue weighted by Gasteiger charge is 2.35. The molecule has 1 aromatic heterocycles. The fraction of sp³-hybridized carbons (Fsp3) is 0.269. The summed E-state index contributed by atoms with van der Waals surface area (Å²) >= 11 is 0. The number of amides is 2. The summed E-state index contributed by atoms with van der Waals surface area (Å²) in [6, 6.07) is 16.1. The number of nitrogens with one attached hydrogen (secondary N) is 2. The van der Waals surface area contributed by atoms with Crippen LogP contribution in [0, 0.1) is 0 Å². The Labute approximate surface area is 186 Å². The zero-order valence-electron chi connectivity index (χ0n) is 18.5. The summed E-state index contributed by atoms with van der Waals surface area (Å²) in [5.74, 6) is -0.652. The molecule has 0 radical (unpaired) electrons. The fourth-order valence-electron chi connectivity index (χ4n) is 4.43. The van der Waals surface area contributed by atoms with E-state index in [1.54, 1.807) is 6.08 Å². The highest BCUT2D eigenvalue weighted by Crippen LogP contribution is 2.34. The van der Waals surface area contributed by atoms with Crippen LogP contribution in [0.25, 0.3) is 22.0 Å². The first-order valence-electron chi connectivity index (χ1n) is 10.9. The van der Waals surface area contributed by atoms with E-state index in [9.17, 15) is 14.4 Å². The molecule has 0 bridgehead atoms. The Kier molecular flexibility index (Phi) is 5.70. The third-order valence-corrected chi connectivity index (χ3v) is 6.42. The average Bonchev–Trinajstić information content (AvgIpc) is 3.13. The van der Waals surface area contributed by atoms with Gasteiger partial charge in [0.2, 0.25) is 0 Å². The first-order chi connectivity index (χ1) is 15.4. The highest BCUT2D eigenvalue weighted by molar-refractivity contribution is 6.07. The van der Waals surface area contributed by atoms with Crippen LogP contribution in [0.2, 0.25) is 0 Å². The molecule has 3 aromatic rings. The van der Waals surface area contributed by atoms with Crippen LogP contribution in [0.5, 0.6) is 0 Å². The molecule has 4 rings (SSSR count). The van der Waals surface area contributed by atoms with E-state index in [0.717, 1.165) is 17.7 Å². The van der Waals surface area contributed by atoms with E-state index in [1.165, 1.54) is 16.3 Å². The number of aryl methyl sites for hydroxylation is 1. The van der Waals surface area contributed by atoms with E-state index in [4.69, 9.17) is 4.74 Å². The number of cyclic esters (lactones) is 1. The fourth-order valence-corrected chi connectivity index (χ4v) is 4.43. The van der Waals surface area contributed by atoms with Gasteiger partial charge < -0.3 is 9.72 Å². The molecule has 1 aliphatic heterocycles. The largest absolute Gasteiger partial charge is 0.419 e. The Morgan fingerprint density at radius 3 is 2.38 bits per heavy atom. The second-order valence-electron chi connectivity index (χ2n) is 8.04. The van der Waals surface area contributed by atoms with Gasteiger partial charge in [0.1, 0.15) is 0 Å². The lowest BCUT2D eigenvalue weighted by atomic mass is 9.75. The molecule has 2 aromatic carbocycles. The Balaban J connectivity index is 1.78. The highest BCUT2D eigenvalue weighted by atomic mass is 16.6. The summed E-state index contributed by atoms with van der Waals surface area (Å²) in [6.07, 6.45) is 2.86. The number of fused-ring (bicyclic) bond motifs is 1. The Morgan fingerprint density at radius 1 is 0.969 bits per heavy atom. The molecule has 0 aliphatic carbocycles. The van der Waals surface area contributed by atoms with Crippen molar-refractivity contribution in [3.8, 4) is 11.3 Å². The smallest absolute Gasteiger partial charge is 0.404 e. The number of aromatic nitrogens is 1. The van der Waals surface area contributed by atoms with Crippen LogP contribution in [-0.2, 0) is 21.4 Å². The number of hydrogen-bond acceptors (Lipinski definition) is 4. The zero-order chi connectivity index (χ0) is 22.9. The van der Waals surface area contributed by atoms with Gasteiger partial charge in [-0.1, -0.05) is 57.2 Å². The summed E-state index contributed by atoms with van der Waals surface area (Å²) in [7, 11) is 0. The topological polar surface area (TPSA) is 88.3 Å². The molecule has 2 heterocycles. The molecule has 2 amide bonds. The molecule has 0 saturated carbocycles. The van der Waals surface area contributed by atoms with Gasteiger partial charge in [-0.15, -0.1) is 0 Å². The van der Waals surface area contributed by atoms with Gasteiger partial charge in [-0.3, -0.25) is 14.9 Å². The van der Waals surface area contributed by atoms with Crippen molar-refractivity contribution in [1.82, 2.24) is 10.3 Å². The first kappa shape index (κ1) is 21.6. The number of alkyl carbamates (subject to hydrolysis) is 1. The van der Waals surface area contributed by atoms with Gasteiger partial charge in [0.15, 0.2) is 5.76 Å². The van der Waals surface area contributed by atoms with Crippen LogP contribution in [0.3, 0.4) is 0 Å². The van der Waals surface area contributed by atoms with Crippen molar-refractivity contribution in [2.24, 2.45) is 0 Å². The van der Waals surface area contributed by atoms with E-state index in [2.05, 4.69) is 47.6 Å². The van der Waals surface area contributed by atoms with E-state index in [1.807, 2.05) is 32.0 Å². The van der Waals surface area contributed by atoms with Gasteiger partial charge in [0, 0.05) is 16.7 Å². The number of ether oxygens (including phenoxy) is 1. The molecule has 0 atom stereocenters.